The van der Waals surface area contributed by atoms with Crippen LogP contribution in [-0.2, 0) is 4.79 Å². The molecular formula is C13H19Cl2N5O. The van der Waals surface area contributed by atoms with Gasteiger partial charge in [0.25, 0.3) is 0 Å². The van der Waals surface area contributed by atoms with Crippen LogP contribution in [0.3, 0.4) is 0 Å². The third kappa shape index (κ3) is 6.12. The monoisotopic (exact) mass is 331 g/mol. The maximum absolute atomic E-state index is 11.6. The number of amides is 1. The molecule has 1 amide bonds. The zero-order valence-electron chi connectivity index (χ0n) is 11.6. The summed E-state index contributed by atoms with van der Waals surface area (Å²) in [6.07, 6.45) is 7.88. The Balaban J connectivity index is 0.00000200. The highest BCUT2D eigenvalue weighted by atomic mass is 35.5. The van der Waals surface area contributed by atoms with Crippen LogP contribution in [0.25, 0.3) is 5.82 Å². The van der Waals surface area contributed by atoms with Crippen LogP contribution in [0.5, 0.6) is 0 Å². The standard InChI is InChI=1S/C13H17N5O.2ClH/c1-10(14)2-5-13(19)17-11-3-4-12(16-8-11)18-7-6-15-9-18;;/h3-4,6-10H,2,5,14H2,1H3,(H,17,19);2*1H. The number of anilines is 1. The van der Waals surface area contributed by atoms with Gasteiger partial charge in [-0.1, -0.05) is 0 Å². The lowest BCUT2D eigenvalue weighted by Gasteiger charge is -2.07. The van der Waals surface area contributed by atoms with Crippen LogP contribution in [0, 0.1) is 0 Å². The molecule has 0 saturated heterocycles. The second-order valence-electron chi connectivity index (χ2n) is 4.44. The van der Waals surface area contributed by atoms with E-state index in [-0.39, 0.29) is 36.8 Å². The number of nitrogens with two attached hydrogens (primary N) is 1. The number of carbonyl (C=O) groups excluding carboxylic acids is 1. The SMILES string of the molecule is CC(N)CCC(=O)Nc1ccc(-n2ccnc2)nc1.Cl.Cl. The van der Waals surface area contributed by atoms with E-state index in [0.717, 1.165) is 5.82 Å². The number of nitrogens with one attached hydrogen (secondary N) is 1. The molecule has 0 radical (unpaired) electrons. The minimum absolute atomic E-state index is 0. The topological polar surface area (TPSA) is 85.8 Å². The largest absolute Gasteiger partial charge is 0.328 e. The zero-order valence-corrected chi connectivity index (χ0v) is 13.2. The summed E-state index contributed by atoms with van der Waals surface area (Å²) in [6.45, 7) is 1.88. The molecule has 0 aliphatic carbocycles. The summed E-state index contributed by atoms with van der Waals surface area (Å²) >= 11 is 0. The number of imidazole rings is 1. The number of halogens is 2. The molecule has 2 aromatic heterocycles. The van der Waals surface area contributed by atoms with Gasteiger partial charge in [-0.05, 0) is 25.5 Å². The Bertz CT molecular complexity index is 528. The van der Waals surface area contributed by atoms with Crippen molar-refractivity contribution in [2.75, 3.05) is 5.32 Å². The molecule has 0 aliphatic heterocycles. The van der Waals surface area contributed by atoms with Crippen molar-refractivity contribution in [3.05, 3.63) is 37.1 Å². The Kier molecular flexibility index (Phi) is 8.61. The summed E-state index contributed by atoms with van der Waals surface area (Å²) in [5.41, 5.74) is 6.29. The highest BCUT2D eigenvalue weighted by molar-refractivity contribution is 5.90. The first kappa shape index (κ1) is 19.4. The Morgan fingerprint density at radius 2 is 2.19 bits per heavy atom. The molecule has 21 heavy (non-hydrogen) atoms. The van der Waals surface area contributed by atoms with Crippen molar-refractivity contribution < 1.29 is 4.79 Å². The summed E-state index contributed by atoms with van der Waals surface area (Å²) in [5, 5.41) is 2.79. The van der Waals surface area contributed by atoms with Crippen molar-refractivity contribution in [3.63, 3.8) is 0 Å². The molecule has 1 unspecified atom stereocenters. The second-order valence-corrected chi connectivity index (χ2v) is 4.44. The average Bonchev–Trinajstić information content (AvgIpc) is 2.91. The van der Waals surface area contributed by atoms with Gasteiger partial charge in [0, 0.05) is 24.9 Å². The molecule has 2 heterocycles. The predicted octanol–water partition coefficient (Wildman–Crippen LogP) is 2.18. The molecule has 0 aliphatic rings. The fourth-order valence-corrected chi connectivity index (χ4v) is 1.59. The van der Waals surface area contributed by atoms with E-state index >= 15 is 0 Å². The first-order chi connectivity index (χ1) is 9.15. The maximum atomic E-state index is 11.6. The number of carbonyl (C=O) groups is 1. The number of pyridine rings is 1. The zero-order chi connectivity index (χ0) is 13.7. The molecule has 2 rings (SSSR count). The Morgan fingerprint density at radius 3 is 2.71 bits per heavy atom. The molecule has 0 fully saturated rings. The van der Waals surface area contributed by atoms with E-state index in [4.69, 9.17) is 5.73 Å². The Hall–Kier alpha value is -1.63. The number of hydrogen-bond donors (Lipinski definition) is 2. The smallest absolute Gasteiger partial charge is 0.224 e. The van der Waals surface area contributed by atoms with Crippen molar-refractivity contribution in [2.45, 2.75) is 25.8 Å². The normalized spacial score (nSPS) is 11.0. The van der Waals surface area contributed by atoms with E-state index in [1.807, 2.05) is 25.3 Å². The van der Waals surface area contributed by atoms with Crippen LogP contribution in [0.15, 0.2) is 37.1 Å². The van der Waals surface area contributed by atoms with Gasteiger partial charge < -0.3 is 11.1 Å². The van der Waals surface area contributed by atoms with Crippen molar-refractivity contribution in [2.24, 2.45) is 5.73 Å². The first-order valence-electron chi connectivity index (χ1n) is 6.15. The molecule has 8 heteroatoms. The Morgan fingerprint density at radius 1 is 1.43 bits per heavy atom. The van der Waals surface area contributed by atoms with Gasteiger partial charge in [-0.3, -0.25) is 9.36 Å². The van der Waals surface area contributed by atoms with Crippen LogP contribution >= 0.6 is 24.8 Å². The van der Waals surface area contributed by atoms with E-state index in [1.165, 1.54) is 0 Å². The first-order valence-corrected chi connectivity index (χ1v) is 6.15. The second kappa shape index (κ2) is 9.33. The van der Waals surface area contributed by atoms with E-state index in [2.05, 4.69) is 15.3 Å². The highest BCUT2D eigenvalue weighted by Crippen LogP contribution is 2.10. The fourth-order valence-electron chi connectivity index (χ4n) is 1.59. The molecular weight excluding hydrogens is 313 g/mol. The summed E-state index contributed by atoms with van der Waals surface area (Å²) in [5.74, 6) is 0.709. The van der Waals surface area contributed by atoms with Crippen molar-refractivity contribution in [1.82, 2.24) is 14.5 Å². The lowest BCUT2D eigenvalue weighted by Crippen LogP contribution is -2.19. The van der Waals surface area contributed by atoms with Gasteiger partial charge >= 0.3 is 0 Å². The van der Waals surface area contributed by atoms with E-state index in [1.54, 1.807) is 23.3 Å². The number of aromatic nitrogens is 3. The lowest BCUT2D eigenvalue weighted by atomic mass is 10.2. The van der Waals surface area contributed by atoms with Gasteiger partial charge in [0.2, 0.25) is 5.91 Å². The van der Waals surface area contributed by atoms with Crippen molar-refractivity contribution in [1.29, 1.82) is 0 Å². The molecule has 2 aromatic rings. The minimum atomic E-state index is -0.0468. The van der Waals surface area contributed by atoms with Crippen LogP contribution in [0.1, 0.15) is 19.8 Å². The number of rotatable bonds is 5. The molecule has 0 saturated carbocycles. The van der Waals surface area contributed by atoms with Gasteiger partial charge in [-0.25, -0.2) is 9.97 Å². The minimum Gasteiger partial charge on any atom is -0.328 e. The van der Waals surface area contributed by atoms with Crippen LogP contribution in [0.2, 0.25) is 0 Å². The average molecular weight is 332 g/mol. The highest BCUT2D eigenvalue weighted by Gasteiger charge is 2.05. The fraction of sp³-hybridized carbons (Fsp3) is 0.308. The van der Waals surface area contributed by atoms with Gasteiger partial charge in [-0.15, -0.1) is 24.8 Å². The molecule has 0 spiro atoms. The predicted molar refractivity (Wildman–Crippen MR) is 87.4 cm³/mol. The summed E-state index contributed by atoms with van der Waals surface area (Å²) in [4.78, 5) is 19.8. The Labute approximate surface area is 136 Å². The molecule has 116 valence electrons. The van der Waals surface area contributed by atoms with Crippen LogP contribution < -0.4 is 11.1 Å². The molecule has 0 aromatic carbocycles. The van der Waals surface area contributed by atoms with E-state index < -0.39 is 0 Å². The van der Waals surface area contributed by atoms with Gasteiger partial charge in [-0.2, -0.15) is 0 Å². The van der Waals surface area contributed by atoms with Crippen molar-refractivity contribution in [3.8, 4) is 5.82 Å². The van der Waals surface area contributed by atoms with Gasteiger partial charge in [0.05, 0.1) is 11.9 Å². The molecule has 0 bridgehead atoms. The van der Waals surface area contributed by atoms with Crippen molar-refractivity contribution >= 4 is 36.4 Å². The van der Waals surface area contributed by atoms with E-state index in [0.29, 0.717) is 18.5 Å². The summed E-state index contributed by atoms with van der Waals surface area (Å²) < 4.78 is 1.79. The summed E-state index contributed by atoms with van der Waals surface area (Å²) in [6, 6.07) is 3.67. The maximum Gasteiger partial charge on any atom is 0.224 e. The van der Waals surface area contributed by atoms with Crippen LogP contribution in [-0.4, -0.2) is 26.5 Å². The molecule has 6 nitrogen and oxygen atoms in total. The van der Waals surface area contributed by atoms with Gasteiger partial charge in [0.1, 0.15) is 12.1 Å². The molecule has 1 atom stereocenters. The quantitative estimate of drug-likeness (QED) is 0.879. The number of nitrogens with zero attached hydrogens (tertiary/aromatic N) is 3. The van der Waals surface area contributed by atoms with Gasteiger partial charge in [0.15, 0.2) is 0 Å². The molecule has 3 N–H and O–H groups in total. The van der Waals surface area contributed by atoms with Crippen LogP contribution in [0.4, 0.5) is 5.69 Å². The lowest BCUT2D eigenvalue weighted by molar-refractivity contribution is -0.116. The third-order valence-electron chi connectivity index (χ3n) is 2.63. The third-order valence-corrected chi connectivity index (χ3v) is 2.63. The van der Waals surface area contributed by atoms with E-state index in [9.17, 15) is 4.79 Å². The summed E-state index contributed by atoms with van der Waals surface area (Å²) in [7, 11) is 0. The number of hydrogen-bond acceptors (Lipinski definition) is 4.